The van der Waals surface area contributed by atoms with E-state index < -0.39 is 29.8 Å². The van der Waals surface area contributed by atoms with Crippen molar-refractivity contribution < 1.29 is 19.1 Å². The van der Waals surface area contributed by atoms with Gasteiger partial charge in [-0.15, -0.1) is 0 Å². The van der Waals surface area contributed by atoms with Gasteiger partial charge in [0.05, 0.1) is 5.56 Å². The highest BCUT2D eigenvalue weighted by molar-refractivity contribution is 6.31. The van der Waals surface area contributed by atoms with Crippen LogP contribution in [0, 0.1) is 5.82 Å². The maximum Gasteiger partial charge on any atom is 0.323 e. The van der Waals surface area contributed by atoms with E-state index in [1.807, 2.05) is 0 Å². The number of nitrogens with zero attached hydrogens (tertiary/aromatic N) is 1. The monoisotopic (exact) mass is 287 g/mol. The zero-order chi connectivity index (χ0) is 14.8. The lowest BCUT2D eigenvalue weighted by Crippen LogP contribution is -2.48. The number of halogens is 2. The highest BCUT2D eigenvalue weighted by Gasteiger charge is 2.30. The van der Waals surface area contributed by atoms with E-state index in [1.54, 1.807) is 20.8 Å². The van der Waals surface area contributed by atoms with E-state index in [2.05, 4.69) is 0 Å². The Morgan fingerprint density at radius 2 is 1.95 bits per heavy atom. The first-order valence-electron chi connectivity index (χ1n) is 5.61. The fraction of sp³-hybridized carbons (Fsp3) is 0.385. The molecule has 0 radical (unpaired) electrons. The molecule has 0 spiro atoms. The van der Waals surface area contributed by atoms with Crippen LogP contribution in [-0.2, 0) is 4.79 Å². The molecule has 1 aromatic rings. The third-order valence-electron chi connectivity index (χ3n) is 2.51. The van der Waals surface area contributed by atoms with E-state index in [1.165, 1.54) is 12.1 Å². The van der Waals surface area contributed by atoms with Crippen LogP contribution in [0.1, 0.15) is 31.1 Å². The van der Waals surface area contributed by atoms with Crippen LogP contribution in [0.15, 0.2) is 18.2 Å². The van der Waals surface area contributed by atoms with Gasteiger partial charge in [-0.25, -0.2) is 4.39 Å². The first-order valence-corrected chi connectivity index (χ1v) is 5.99. The largest absolute Gasteiger partial charge is 0.480 e. The molecule has 0 saturated carbocycles. The first-order chi connectivity index (χ1) is 8.62. The zero-order valence-corrected chi connectivity index (χ0v) is 11.7. The van der Waals surface area contributed by atoms with Crippen LogP contribution >= 0.6 is 11.6 Å². The van der Waals surface area contributed by atoms with Crippen molar-refractivity contribution in [2.45, 2.75) is 26.3 Å². The van der Waals surface area contributed by atoms with E-state index >= 15 is 0 Å². The number of carboxylic acids is 1. The molecular weight excluding hydrogens is 273 g/mol. The van der Waals surface area contributed by atoms with Crippen molar-refractivity contribution in [3.63, 3.8) is 0 Å². The molecule has 0 aliphatic rings. The van der Waals surface area contributed by atoms with Crippen molar-refractivity contribution in [3.05, 3.63) is 34.6 Å². The Morgan fingerprint density at radius 1 is 1.37 bits per heavy atom. The number of carboxylic acid groups (broad SMARTS) is 1. The van der Waals surface area contributed by atoms with Gasteiger partial charge in [0.25, 0.3) is 5.91 Å². The van der Waals surface area contributed by atoms with Gasteiger partial charge in [-0.1, -0.05) is 11.6 Å². The Morgan fingerprint density at radius 3 is 2.42 bits per heavy atom. The topological polar surface area (TPSA) is 57.6 Å². The zero-order valence-electron chi connectivity index (χ0n) is 10.9. The van der Waals surface area contributed by atoms with Gasteiger partial charge in [0.15, 0.2) is 0 Å². The SMILES string of the molecule is CC(C)(C)N(CC(=O)O)C(=O)c1cc(Cl)ccc1F. The van der Waals surface area contributed by atoms with Gasteiger partial charge in [-0.2, -0.15) is 0 Å². The molecule has 0 aromatic heterocycles. The normalized spacial score (nSPS) is 11.2. The standard InChI is InChI=1S/C13H15ClFNO3/c1-13(2,3)16(7-11(17)18)12(19)9-6-8(14)4-5-10(9)15/h4-6H,7H2,1-3H3,(H,17,18). The van der Waals surface area contributed by atoms with Crippen molar-refractivity contribution in [3.8, 4) is 0 Å². The maximum atomic E-state index is 13.7. The Hall–Kier alpha value is -1.62. The number of carbonyl (C=O) groups excluding carboxylic acids is 1. The van der Waals surface area contributed by atoms with Crippen molar-refractivity contribution >= 4 is 23.5 Å². The highest BCUT2D eigenvalue weighted by atomic mass is 35.5. The number of carbonyl (C=O) groups is 2. The highest BCUT2D eigenvalue weighted by Crippen LogP contribution is 2.21. The van der Waals surface area contributed by atoms with E-state index in [4.69, 9.17) is 16.7 Å². The fourth-order valence-electron chi connectivity index (χ4n) is 1.56. The van der Waals surface area contributed by atoms with Gasteiger partial charge in [0, 0.05) is 10.6 Å². The lowest BCUT2D eigenvalue weighted by atomic mass is 10.0. The minimum Gasteiger partial charge on any atom is -0.480 e. The molecule has 0 unspecified atom stereocenters. The summed E-state index contributed by atoms with van der Waals surface area (Å²) < 4.78 is 13.7. The molecule has 104 valence electrons. The molecule has 1 amide bonds. The Labute approximate surface area is 115 Å². The van der Waals surface area contributed by atoms with Gasteiger partial charge in [0.1, 0.15) is 12.4 Å². The quantitative estimate of drug-likeness (QED) is 0.930. The van der Waals surface area contributed by atoms with Gasteiger partial charge < -0.3 is 10.0 Å². The summed E-state index contributed by atoms with van der Waals surface area (Å²) in [4.78, 5) is 24.2. The smallest absolute Gasteiger partial charge is 0.323 e. The van der Waals surface area contributed by atoms with Crippen LogP contribution < -0.4 is 0 Å². The minimum absolute atomic E-state index is 0.217. The molecule has 1 aromatic carbocycles. The van der Waals surface area contributed by atoms with E-state index in [9.17, 15) is 14.0 Å². The molecule has 6 heteroatoms. The molecule has 0 aliphatic heterocycles. The van der Waals surface area contributed by atoms with Crippen LogP contribution in [0.2, 0.25) is 5.02 Å². The second-order valence-electron chi connectivity index (χ2n) is 5.08. The Bertz CT molecular complexity index is 511. The van der Waals surface area contributed by atoms with Crippen LogP contribution in [0.5, 0.6) is 0 Å². The summed E-state index contributed by atoms with van der Waals surface area (Å²) in [5.41, 5.74) is -0.979. The molecule has 19 heavy (non-hydrogen) atoms. The first kappa shape index (κ1) is 15.4. The molecule has 1 N–H and O–H groups in total. The second kappa shape index (κ2) is 5.57. The summed E-state index contributed by atoms with van der Waals surface area (Å²) in [5, 5.41) is 9.07. The fourth-order valence-corrected chi connectivity index (χ4v) is 1.73. The average molecular weight is 288 g/mol. The molecule has 0 atom stereocenters. The lowest BCUT2D eigenvalue weighted by Gasteiger charge is -2.34. The van der Waals surface area contributed by atoms with Crippen molar-refractivity contribution in [2.75, 3.05) is 6.54 Å². The van der Waals surface area contributed by atoms with Crippen LogP contribution in [0.25, 0.3) is 0 Å². The molecule has 0 aliphatic carbocycles. The molecule has 0 bridgehead atoms. The minimum atomic E-state index is -1.16. The van der Waals surface area contributed by atoms with Gasteiger partial charge >= 0.3 is 5.97 Å². The van der Waals surface area contributed by atoms with Gasteiger partial charge in [-0.3, -0.25) is 9.59 Å². The van der Waals surface area contributed by atoms with Crippen LogP contribution in [0.4, 0.5) is 4.39 Å². The van der Waals surface area contributed by atoms with E-state index in [-0.39, 0.29) is 10.6 Å². The van der Waals surface area contributed by atoms with Crippen LogP contribution in [-0.4, -0.2) is 34.0 Å². The summed E-state index contributed by atoms with van der Waals surface area (Å²) in [7, 11) is 0. The number of amides is 1. The molecule has 0 heterocycles. The number of hydrogen-bond acceptors (Lipinski definition) is 2. The molecule has 1 rings (SSSR count). The Balaban J connectivity index is 3.19. The summed E-state index contributed by atoms with van der Waals surface area (Å²) in [5.74, 6) is -2.59. The van der Waals surface area contributed by atoms with Crippen molar-refractivity contribution in [1.29, 1.82) is 0 Å². The third kappa shape index (κ3) is 3.92. The second-order valence-corrected chi connectivity index (χ2v) is 5.52. The van der Waals surface area contributed by atoms with Gasteiger partial charge in [0.2, 0.25) is 0 Å². The average Bonchev–Trinajstić information content (AvgIpc) is 2.26. The maximum absolute atomic E-state index is 13.7. The van der Waals surface area contributed by atoms with Crippen molar-refractivity contribution in [1.82, 2.24) is 4.90 Å². The Kier molecular flexibility index (Phi) is 4.52. The summed E-state index contributed by atoms with van der Waals surface area (Å²) in [6.07, 6.45) is 0. The predicted molar refractivity (Wildman–Crippen MR) is 69.8 cm³/mol. The molecule has 4 nitrogen and oxygen atoms in total. The number of hydrogen-bond donors (Lipinski definition) is 1. The molecule has 0 fully saturated rings. The summed E-state index contributed by atoms with van der Waals surface area (Å²) in [6, 6.07) is 3.60. The molecular formula is C13H15ClFNO3. The predicted octanol–water partition coefficient (Wildman–Crippen LogP) is 2.80. The summed E-state index contributed by atoms with van der Waals surface area (Å²) in [6.45, 7) is 4.52. The lowest BCUT2D eigenvalue weighted by molar-refractivity contribution is -0.138. The van der Waals surface area contributed by atoms with Crippen molar-refractivity contribution in [2.24, 2.45) is 0 Å². The molecule has 0 saturated heterocycles. The van der Waals surface area contributed by atoms with E-state index in [0.29, 0.717) is 0 Å². The number of rotatable bonds is 3. The van der Waals surface area contributed by atoms with E-state index in [0.717, 1.165) is 11.0 Å². The van der Waals surface area contributed by atoms with Gasteiger partial charge in [-0.05, 0) is 39.0 Å². The third-order valence-corrected chi connectivity index (χ3v) is 2.74. The number of benzene rings is 1. The van der Waals surface area contributed by atoms with Crippen LogP contribution in [0.3, 0.4) is 0 Å². The number of aliphatic carboxylic acids is 1. The summed E-state index contributed by atoms with van der Waals surface area (Å²) >= 11 is 5.73.